The number of unbranched alkanes of at least 4 members (excludes halogenated alkanes) is 2. The second kappa shape index (κ2) is 22.6. The molecule has 0 spiro atoms. The van der Waals surface area contributed by atoms with Crippen LogP contribution in [0.15, 0.2) is 237 Å². The van der Waals surface area contributed by atoms with Crippen molar-refractivity contribution in [3.63, 3.8) is 0 Å². The normalized spacial score (nSPS) is 11.4. The zero-order chi connectivity index (χ0) is 47.9. The van der Waals surface area contributed by atoms with E-state index in [4.69, 9.17) is 0 Å². The Morgan fingerprint density at radius 1 is 0.361 bits per heavy atom. The summed E-state index contributed by atoms with van der Waals surface area (Å²) in [7, 11) is 0.795. The van der Waals surface area contributed by atoms with E-state index in [1.807, 2.05) is 6.07 Å². The van der Waals surface area contributed by atoms with Crippen LogP contribution in [0.1, 0.15) is 50.7 Å². The first-order valence-corrected chi connectivity index (χ1v) is 26.5. The molecule has 1 aliphatic rings. The smallest absolute Gasteiger partial charge is 0.0920 e. The largest absolute Gasteiger partial charge is 0.184 e. The Labute approximate surface area is 447 Å². The molecule has 0 fully saturated rings. The molecule has 0 saturated carbocycles. The Kier molecular flexibility index (Phi) is 15.3. The SMILES string of the molecule is CCCCc1cc2c(-c3ccccc3-c3cccc4ccccc34)cccc2[cH-]1.CCCCc1cc2c(-c3ccccc3-c3cccc4ccccc34)cccc2[cH-]1.[Hf].[c-]1cccc2c1[Si]c1ccccc1-2. The van der Waals surface area contributed by atoms with Crippen molar-refractivity contribution >= 4 is 63.0 Å². The van der Waals surface area contributed by atoms with Crippen molar-refractivity contribution in [1.29, 1.82) is 0 Å². The molecule has 0 amide bonds. The number of rotatable bonds is 10. The molecule has 1 heterocycles. The maximum atomic E-state index is 3.31. The molecule has 0 aromatic heterocycles. The second-order valence-electron chi connectivity index (χ2n) is 18.8. The van der Waals surface area contributed by atoms with Crippen LogP contribution in [-0.4, -0.2) is 9.52 Å². The Morgan fingerprint density at radius 3 is 1.22 bits per heavy atom. The van der Waals surface area contributed by atoms with E-state index in [1.54, 1.807) is 0 Å². The van der Waals surface area contributed by atoms with E-state index in [9.17, 15) is 0 Å². The zero-order valence-corrected chi connectivity index (χ0v) is 45.9. The number of aryl methyl sites for hydroxylation is 2. The monoisotopic (exact) mass is 1110 g/mol. The fraction of sp³-hybridized carbons (Fsp3) is 0.114. The first-order valence-electron chi connectivity index (χ1n) is 25.5. The molecule has 12 aromatic carbocycles. The molecule has 0 unspecified atom stereocenters. The van der Waals surface area contributed by atoms with Gasteiger partial charge >= 0.3 is 0 Å². The van der Waals surface area contributed by atoms with Crippen molar-refractivity contribution in [2.24, 2.45) is 0 Å². The van der Waals surface area contributed by atoms with Crippen LogP contribution in [0.4, 0.5) is 0 Å². The summed E-state index contributed by atoms with van der Waals surface area (Å²) in [5.74, 6) is 0. The van der Waals surface area contributed by atoms with Crippen LogP contribution in [0, 0.1) is 6.07 Å². The summed E-state index contributed by atoms with van der Waals surface area (Å²) in [6, 6.07) is 89.4. The quantitative estimate of drug-likeness (QED) is 0.0946. The van der Waals surface area contributed by atoms with E-state index in [1.165, 1.54) is 146 Å². The average Bonchev–Trinajstić information content (AvgIpc) is 4.17. The summed E-state index contributed by atoms with van der Waals surface area (Å²) in [4.78, 5) is 0. The van der Waals surface area contributed by atoms with Crippen LogP contribution >= 0.6 is 0 Å². The molecule has 0 aliphatic carbocycles. The van der Waals surface area contributed by atoms with Gasteiger partial charge in [0.2, 0.25) is 0 Å². The van der Waals surface area contributed by atoms with Gasteiger partial charge in [-0.2, -0.15) is 41.6 Å². The van der Waals surface area contributed by atoms with E-state index in [0.29, 0.717) is 0 Å². The molecule has 0 bridgehead atoms. The fourth-order valence-corrected chi connectivity index (χ4v) is 12.0. The Bertz CT molecular complexity index is 3530. The molecule has 0 N–H and O–H groups in total. The van der Waals surface area contributed by atoms with Gasteiger partial charge in [0.05, 0.1) is 9.52 Å². The Morgan fingerprint density at radius 2 is 0.736 bits per heavy atom. The van der Waals surface area contributed by atoms with Crippen LogP contribution in [-0.2, 0) is 38.7 Å². The zero-order valence-electron chi connectivity index (χ0n) is 41.3. The number of hydrogen-bond acceptors (Lipinski definition) is 0. The Balaban J connectivity index is 0.000000132. The topological polar surface area (TPSA) is 0 Å². The maximum Gasteiger partial charge on any atom is 0.0920 e. The van der Waals surface area contributed by atoms with Gasteiger partial charge in [0, 0.05) is 25.8 Å². The van der Waals surface area contributed by atoms with Crippen molar-refractivity contribution in [2.45, 2.75) is 52.4 Å². The van der Waals surface area contributed by atoms with Crippen LogP contribution in [0.5, 0.6) is 0 Å². The van der Waals surface area contributed by atoms with Crippen LogP contribution in [0.3, 0.4) is 0 Å². The molecule has 0 nitrogen and oxygen atoms in total. The molecule has 0 saturated heterocycles. The van der Waals surface area contributed by atoms with Gasteiger partial charge in [-0.3, -0.25) is 0 Å². The van der Waals surface area contributed by atoms with Gasteiger partial charge in [0.1, 0.15) is 0 Å². The molecule has 13 rings (SSSR count). The molecular weight excluding hydrogens is 1050 g/mol. The molecule has 2 heteroatoms. The summed E-state index contributed by atoms with van der Waals surface area (Å²) in [6.07, 6.45) is 7.29. The van der Waals surface area contributed by atoms with Crippen molar-refractivity contribution < 1.29 is 25.8 Å². The van der Waals surface area contributed by atoms with Gasteiger partial charge in [0.25, 0.3) is 0 Å². The molecule has 1 aliphatic heterocycles. The summed E-state index contributed by atoms with van der Waals surface area (Å²) < 4.78 is 0. The third-order valence-electron chi connectivity index (χ3n) is 14.2. The fourth-order valence-electron chi connectivity index (χ4n) is 10.7. The second-order valence-corrected chi connectivity index (χ2v) is 20.1. The number of benzene rings is 10. The van der Waals surface area contributed by atoms with Crippen LogP contribution < -0.4 is 10.4 Å². The first kappa shape index (κ1) is 48.6. The molecule has 2 radical (unpaired) electrons. The summed E-state index contributed by atoms with van der Waals surface area (Å²) in [5, 5.41) is 13.4. The van der Waals surface area contributed by atoms with Crippen molar-refractivity contribution in [3.05, 3.63) is 254 Å². The van der Waals surface area contributed by atoms with E-state index in [0.717, 1.165) is 22.4 Å². The average molecular weight is 1100 g/mol. The van der Waals surface area contributed by atoms with Gasteiger partial charge < -0.3 is 0 Å². The minimum Gasteiger partial charge on any atom is -0.184 e. The molecular formula is C70H57HfSi-3. The van der Waals surface area contributed by atoms with Gasteiger partial charge in [-0.05, 0) is 67.8 Å². The Hall–Kier alpha value is -6.97. The molecule has 72 heavy (non-hydrogen) atoms. The molecule has 348 valence electrons. The summed E-state index contributed by atoms with van der Waals surface area (Å²) in [6.45, 7) is 4.52. The van der Waals surface area contributed by atoms with Crippen LogP contribution in [0.2, 0.25) is 0 Å². The van der Waals surface area contributed by atoms with E-state index >= 15 is 0 Å². The third-order valence-corrected chi connectivity index (χ3v) is 15.6. The third kappa shape index (κ3) is 10.1. The minimum atomic E-state index is 0. The predicted octanol–water partition coefficient (Wildman–Crippen LogP) is 17.9. The van der Waals surface area contributed by atoms with E-state index in [-0.39, 0.29) is 25.8 Å². The van der Waals surface area contributed by atoms with Crippen LogP contribution in [0.25, 0.3) is 98.7 Å². The van der Waals surface area contributed by atoms with Gasteiger partial charge in [0.15, 0.2) is 0 Å². The summed E-state index contributed by atoms with van der Waals surface area (Å²) >= 11 is 0. The molecule has 12 aromatic rings. The van der Waals surface area contributed by atoms with Crippen molar-refractivity contribution in [1.82, 2.24) is 0 Å². The summed E-state index contributed by atoms with van der Waals surface area (Å²) in [5.41, 5.74) is 16.1. The van der Waals surface area contributed by atoms with Gasteiger partial charge in [-0.1, -0.05) is 231 Å². The van der Waals surface area contributed by atoms with E-state index < -0.39 is 0 Å². The number of hydrogen-bond donors (Lipinski definition) is 0. The van der Waals surface area contributed by atoms with E-state index in [2.05, 4.69) is 250 Å². The minimum absolute atomic E-state index is 0. The molecule has 0 atom stereocenters. The predicted molar refractivity (Wildman–Crippen MR) is 309 cm³/mol. The standard InChI is InChI=1S/2C29H25.C12H7Si.Hf/c2*1-2-3-10-21-19-23-13-9-18-28(29(23)20-21)27-16-7-6-15-26(27)25-17-8-12-22-11-4-5-14-24(22)25;1-3-7-11-9(5-1)10-6-2-4-8-12(10)13-11;/h2*4-9,11-20H,2-3,10H2,1H3;1-7H;/q3*-1;. The van der Waals surface area contributed by atoms with Crippen molar-refractivity contribution in [2.75, 3.05) is 0 Å². The number of fused-ring (bicyclic) bond motifs is 7. The maximum absolute atomic E-state index is 3.31. The van der Waals surface area contributed by atoms with Gasteiger partial charge in [-0.15, -0.1) is 74.6 Å². The first-order chi connectivity index (χ1) is 35.1. The van der Waals surface area contributed by atoms with Gasteiger partial charge in [-0.25, -0.2) is 0 Å². The van der Waals surface area contributed by atoms with Crippen molar-refractivity contribution in [3.8, 4) is 55.6 Å².